The van der Waals surface area contributed by atoms with Crippen LogP contribution < -0.4 is 5.32 Å². The summed E-state index contributed by atoms with van der Waals surface area (Å²) in [6.45, 7) is 3.13. The molecule has 2 heteroatoms. The van der Waals surface area contributed by atoms with Crippen LogP contribution in [0.3, 0.4) is 0 Å². The molecule has 2 nitrogen and oxygen atoms in total. The minimum Gasteiger partial charge on any atom is -0.508 e. The zero-order chi connectivity index (χ0) is 13.9. The Morgan fingerprint density at radius 3 is 2.75 bits per heavy atom. The first-order valence-electron chi connectivity index (χ1n) is 7.33. The molecular formula is C18H21NO. The minimum absolute atomic E-state index is 0.335. The van der Waals surface area contributed by atoms with Crippen LogP contribution in [0.1, 0.15) is 34.7 Å². The summed E-state index contributed by atoms with van der Waals surface area (Å²) < 4.78 is 0. The quantitative estimate of drug-likeness (QED) is 0.888. The number of hydrogen-bond donors (Lipinski definition) is 2. The highest BCUT2D eigenvalue weighted by atomic mass is 16.3. The Balaban J connectivity index is 1.58. The fraction of sp³-hybridized carbons (Fsp3) is 0.333. The van der Waals surface area contributed by atoms with E-state index in [1.54, 1.807) is 12.1 Å². The van der Waals surface area contributed by atoms with Crippen molar-refractivity contribution < 1.29 is 5.11 Å². The summed E-state index contributed by atoms with van der Waals surface area (Å²) >= 11 is 0. The molecule has 1 aliphatic carbocycles. The number of phenolic OH excluding ortho intramolecular Hbond substituents is 1. The number of nitrogens with one attached hydrogen (secondary N) is 1. The fourth-order valence-electron chi connectivity index (χ4n) is 2.99. The van der Waals surface area contributed by atoms with Crippen molar-refractivity contribution in [1.82, 2.24) is 5.32 Å². The van der Waals surface area contributed by atoms with Crippen LogP contribution in [0, 0.1) is 6.92 Å². The van der Waals surface area contributed by atoms with Crippen LogP contribution in [-0.2, 0) is 12.8 Å². The summed E-state index contributed by atoms with van der Waals surface area (Å²) in [5.41, 5.74) is 5.59. The smallest absolute Gasteiger partial charge is 0.115 e. The molecule has 104 valence electrons. The van der Waals surface area contributed by atoms with Gasteiger partial charge in [-0.2, -0.15) is 0 Å². The lowest BCUT2D eigenvalue weighted by molar-refractivity contribution is 0.475. The predicted molar refractivity (Wildman–Crippen MR) is 82.1 cm³/mol. The molecule has 1 aliphatic rings. The third kappa shape index (κ3) is 2.86. The van der Waals surface area contributed by atoms with Gasteiger partial charge in [0.25, 0.3) is 0 Å². The zero-order valence-electron chi connectivity index (χ0n) is 11.9. The predicted octanol–water partition coefficient (Wildman–Crippen LogP) is 3.52. The molecule has 0 aliphatic heterocycles. The van der Waals surface area contributed by atoms with Crippen molar-refractivity contribution in [3.05, 3.63) is 64.7 Å². The highest BCUT2D eigenvalue weighted by molar-refractivity contribution is 5.37. The Morgan fingerprint density at radius 2 is 1.95 bits per heavy atom. The van der Waals surface area contributed by atoms with Gasteiger partial charge in [-0.3, -0.25) is 0 Å². The molecule has 0 bridgehead atoms. The molecule has 0 spiro atoms. The molecule has 1 unspecified atom stereocenters. The van der Waals surface area contributed by atoms with E-state index in [1.807, 2.05) is 12.1 Å². The highest BCUT2D eigenvalue weighted by Crippen LogP contribution is 2.31. The minimum atomic E-state index is 0.335. The monoisotopic (exact) mass is 267 g/mol. The Bertz CT molecular complexity index is 589. The summed E-state index contributed by atoms with van der Waals surface area (Å²) in [4.78, 5) is 0. The Labute approximate surface area is 120 Å². The van der Waals surface area contributed by atoms with E-state index in [9.17, 15) is 5.11 Å². The third-order valence-electron chi connectivity index (χ3n) is 4.12. The number of hydrogen-bond acceptors (Lipinski definition) is 2. The van der Waals surface area contributed by atoms with Crippen molar-refractivity contribution in [1.29, 1.82) is 0 Å². The van der Waals surface area contributed by atoms with Crippen LogP contribution >= 0.6 is 0 Å². The third-order valence-corrected chi connectivity index (χ3v) is 4.12. The molecule has 20 heavy (non-hydrogen) atoms. The van der Waals surface area contributed by atoms with Gasteiger partial charge in [-0.05, 0) is 61.6 Å². The van der Waals surface area contributed by atoms with Gasteiger partial charge >= 0.3 is 0 Å². The molecule has 0 amide bonds. The summed E-state index contributed by atoms with van der Waals surface area (Å²) in [6, 6.07) is 14.8. The number of fused-ring (bicyclic) bond motifs is 1. The van der Waals surface area contributed by atoms with Crippen LogP contribution in [-0.4, -0.2) is 11.7 Å². The molecule has 2 aromatic carbocycles. The van der Waals surface area contributed by atoms with E-state index in [0.29, 0.717) is 11.8 Å². The molecule has 3 rings (SSSR count). The lowest BCUT2D eigenvalue weighted by Gasteiger charge is -2.14. The highest BCUT2D eigenvalue weighted by Gasteiger charge is 2.21. The van der Waals surface area contributed by atoms with E-state index in [4.69, 9.17) is 0 Å². The SMILES string of the molecule is Cc1ccc2c(c1)C(NCCc1ccc(O)cc1)CC2. The van der Waals surface area contributed by atoms with E-state index >= 15 is 0 Å². The number of phenols is 1. The van der Waals surface area contributed by atoms with Crippen molar-refractivity contribution in [2.45, 2.75) is 32.2 Å². The maximum Gasteiger partial charge on any atom is 0.115 e. The molecule has 0 saturated heterocycles. The van der Waals surface area contributed by atoms with Crippen molar-refractivity contribution in [2.24, 2.45) is 0 Å². The molecule has 0 saturated carbocycles. The van der Waals surface area contributed by atoms with Gasteiger partial charge in [0.05, 0.1) is 0 Å². The van der Waals surface area contributed by atoms with Gasteiger partial charge in [-0.25, -0.2) is 0 Å². The van der Waals surface area contributed by atoms with Gasteiger partial charge in [-0.15, -0.1) is 0 Å². The maximum atomic E-state index is 9.27. The maximum absolute atomic E-state index is 9.27. The molecular weight excluding hydrogens is 246 g/mol. The van der Waals surface area contributed by atoms with Crippen molar-refractivity contribution in [3.63, 3.8) is 0 Å². The van der Waals surface area contributed by atoms with Crippen LogP contribution in [0.2, 0.25) is 0 Å². The fourth-order valence-corrected chi connectivity index (χ4v) is 2.99. The topological polar surface area (TPSA) is 32.3 Å². The summed E-state index contributed by atoms with van der Waals surface area (Å²) in [5, 5.41) is 12.9. The van der Waals surface area contributed by atoms with E-state index in [2.05, 4.69) is 30.4 Å². The molecule has 0 radical (unpaired) electrons. The number of aromatic hydroxyl groups is 1. The molecule has 2 N–H and O–H groups in total. The largest absolute Gasteiger partial charge is 0.508 e. The van der Waals surface area contributed by atoms with Gasteiger partial charge < -0.3 is 10.4 Å². The molecule has 1 atom stereocenters. The van der Waals surface area contributed by atoms with Crippen LogP contribution in [0.25, 0.3) is 0 Å². The van der Waals surface area contributed by atoms with Crippen LogP contribution in [0.4, 0.5) is 0 Å². The molecule has 0 heterocycles. The first-order chi connectivity index (χ1) is 9.72. The van der Waals surface area contributed by atoms with Crippen LogP contribution in [0.5, 0.6) is 5.75 Å². The van der Waals surface area contributed by atoms with Gasteiger partial charge in [-0.1, -0.05) is 35.9 Å². The molecule has 2 aromatic rings. The van der Waals surface area contributed by atoms with E-state index in [1.165, 1.54) is 35.1 Å². The van der Waals surface area contributed by atoms with Crippen molar-refractivity contribution >= 4 is 0 Å². The van der Waals surface area contributed by atoms with Crippen molar-refractivity contribution in [2.75, 3.05) is 6.54 Å². The summed E-state index contributed by atoms with van der Waals surface area (Å²) in [5.74, 6) is 0.335. The van der Waals surface area contributed by atoms with E-state index < -0.39 is 0 Å². The first-order valence-corrected chi connectivity index (χ1v) is 7.33. The second-order valence-corrected chi connectivity index (χ2v) is 5.66. The standard InChI is InChI=1S/C18H21NO/c1-13-2-5-15-6-9-18(17(15)12-13)19-11-10-14-3-7-16(20)8-4-14/h2-5,7-8,12,18-20H,6,9-11H2,1H3. The normalized spacial score (nSPS) is 17.1. The van der Waals surface area contributed by atoms with Gasteiger partial charge in [0, 0.05) is 6.04 Å². The average molecular weight is 267 g/mol. The second kappa shape index (κ2) is 5.68. The Hall–Kier alpha value is -1.80. The van der Waals surface area contributed by atoms with E-state index in [0.717, 1.165) is 13.0 Å². The van der Waals surface area contributed by atoms with Gasteiger partial charge in [0.2, 0.25) is 0 Å². The summed E-state index contributed by atoms with van der Waals surface area (Å²) in [7, 11) is 0. The van der Waals surface area contributed by atoms with E-state index in [-0.39, 0.29) is 0 Å². The number of aryl methyl sites for hydroxylation is 2. The number of rotatable bonds is 4. The Morgan fingerprint density at radius 1 is 1.15 bits per heavy atom. The second-order valence-electron chi connectivity index (χ2n) is 5.66. The zero-order valence-corrected chi connectivity index (χ0v) is 11.9. The lowest BCUT2D eigenvalue weighted by Crippen LogP contribution is -2.21. The lowest BCUT2D eigenvalue weighted by atomic mass is 10.0. The Kier molecular flexibility index (Phi) is 3.75. The van der Waals surface area contributed by atoms with Gasteiger partial charge in [0.15, 0.2) is 0 Å². The van der Waals surface area contributed by atoms with Gasteiger partial charge in [0.1, 0.15) is 5.75 Å². The van der Waals surface area contributed by atoms with Crippen molar-refractivity contribution in [3.8, 4) is 5.75 Å². The van der Waals surface area contributed by atoms with Crippen LogP contribution in [0.15, 0.2) is 42.5 Å². The first kappa shape index (κ1) is 13.2. The number of benzene rings is 2. The molecule has 0 fully saturated rings. The molecule has 0 aromatic heterocycles. The summed E-state index contributed by atoms with van der Waals surface area (Å²) in [6.07, 6.45) is 3.39. The average Bonchev–Trinajstić information content (AvgIpc) is 2.84.